The molecule has 0 fully saturated rings. The SMILES string of the molecule is CCOC(=O)c1cnc2n(c1=O)C(C)CC/C2=C\Nc1ccc(C(=O)O)cc1. The van der Waals surface area contributed by atoms with Crippen LogP contribution in [-0.4, -0.2) is 33.2 Å². The van der Waals surface area contributed by atoms with Crippen LogP contribution in [-0.2, 0) is 4.74 Å². The van der Waals surface area contributed by atoms with Gasteiger partial charge in [0, 0.05) is 29.7 Å². The van der Waals surface area contributed by atoms with Crippen molar-refractivity contribution in [3.8, 4) is 0 Å². The Morgan fingerprint density at radius 3 is 2.71 bits per heavy atom. The Morgan fingerprint density at radius 2 is 2.07 bits per heavy atom. The van der Waals surface area contributed by atoms with Gasteiger partial charge < -0.3 is 15.2 Å². The number of anilines is 1. The zero-order valence-corrected chi connectivity index (χ0v) is 15.6. The molecule has 1 aliphatic rings. The third kappa shape index (κ3) is 3.80. The van der Waals surface area contributed by atoms with E-state index in [4.69, 9.17) is 9.84 Å². The van der Waals surface area contributed by atoms with Gasteiger partial charge in [0.2, 0.25) is 0 Å². The summed E-state index contributed by atoms with van der Waals surface area (Å²) in [6.45, 7) is 3.78. The standard InChI is InChI=1S/C20H21N3O5/c1-3-28-20(27)16-11-22-17-14(5-4-12(2)23(17)18(16)24)10-21-15-8-6-13(7-9-15)19(25)26/h6-12,21H,3-5H2,1-2H3,(H,25,26)/b14-10+. The number of nitrogens with one attached hydrogen (secondary N) is 1. The number of esters is 1. The van der Waals surface area contributed by atoms with Gasteiger partial charge in [0.15, 0.2) is 0 Å². The fourth-order valence-electron chi connectivity index (χ4n) is 3.09. The minimum Gasteiger partial charge on any atom is -0.478 e. The molecule has 1 aromatic carbocycles. The van der Waals surface area contributed by atoms with Crippen molar-refractivity contribution in [3.63, 3.8) is 0 Å². The highest BCUT2D eigenvalue weighted by atomic mass is 16.5. The van der Waals surface area contributed by atoms with Crippen LogP contribution in [0.5, 0.6) is 0 Å². The van der Waals surface area contributed by atoms with E-state index in [-0.39, 0.29) is 23.8 Å². The van der Waals surface area contributed by atoms with Gasteiger partial charge in [-0.3, -0.25) is 9.36 Å². The molecule has 2 aromatic rings. The van der Waals surface area contributed by atoms with Gasteiger partial charge in [0.25, 0.3) is 5.56 Å². The molecule has 0 bridgehead atoms. The lowest BCUT2D eigenvalue weighted by molar-refractivity contribution is 0.0522. The zero-order chi connectivity index (χ0) is 20.3. The van der Waals surface area contributed by atoms with E-state index < -0.39 is 17.5 Å². The van der Waals surface area contributed by atoms with Gasteiger partial charge in [-0.1, -0.05) is 0 Å². The number of allylic oxidation sites excluding steroid dienone is 1. The molecule has 0 aliphatic carbocycles. The smallest absolute Gasteiger partial charge is 0.345 e. The van der Waals surface area contributed by atoms with Crippen molar-refractivity contribution in [2.45, 2.75) is 32.7 Å². The molecular weight excluding hydrogens is 362 g/mol. The average molecular weight is 383 g/mol. The molecule has 0 saturated carbocycles. The second-order valence-electron chi connectivity index (χ2n) is 6.48. The van der Waals surface area contributed by atoms with Gasteiger partial charge in [-0.2, -0.15) is 0 Å². The van der Waals surface area contributed by atoms with E-state index in [1.807, 2.05) is 6.92 Å². The van der Waals surface area contributed by atoms with E-state index in [0.29, 0.717) is 17.9 Å². The third-order valence-corrected chi connectivity index (χ3v) is 4.59. The normalized spacial score (nSPS) is 17.1. The summed E-state index contributed by atoms with van der Waals surface area (Å²) in [6.07, 6.45) is 4.46. The summed E-state index contributed by atoms with van der Waals surface area (Å²) in [7, 11) is 0. The Hall–Kier alpha value is -3.42. The van der Waals surface area contributed by atoms with Gasteiger partial charge >= 0.3 is 11.9 Å². The molecule has 0 spiro atoms. The minimum atomic E-state index is -0.985. The number of hydrogen-bond donors (Lipinski definition) is 2. The molecule has 8 heteroatoms. The van der Waals surface area contributed by atoms with Crippen LogP contribution in [0.2, 0.25) is 0 Å². The first-order valence-electron chi connectivity index (χ1n) is 9.00. The summed E-state index contributed by atoms with van der Waals surface area (Å²) in [5.41, 5.74) is 1.26. The number of carboxylic acid groups (broad SMARTS) is 1. The fourth-order valence-corrected chi connectivity index (χ4v) is 3.09. The largest absolute Gasteiger partial charge is 0.478 e. The number of aromatic carboxylic acids is 1. The van der Waals surface area contributed by atoms with Gasteiger partial charge in [0.1, 0.15) is 11.4 Å². The number of hydrogen-bond acceptors (Lipinski definition) is 6. The maximum absolute atomic E-state index is 12.8. The Balaban J connectivity index is 1.91. The molecule has 0 amide bonds. The topological polar surface area (TPSA) is 111 Å². The molecule has 1 unspecified atom stereocenters. The molecule has 8 nitrogen and oxygen atoms in total. The number of carboxylic acids is 1. The quantitative estimate of drug-likeness (QED) is 0.764. The number of rotatable bonds is 5. The first-order chi connectivity index (χ1) is 13.4. The van der Waals surface area contributed by atoms with E-state index in [1.54, 1.807) is 25.3 Å². The molecule has 2 N–H and O–H groups in total. The van der Waals surface area contributed by atoms with Crippen molar-refractivity contribution in [2.75, 3.05) is 11.9 Å². The highest BCUT2D eigenvalue weighted by molar-refractivity contribution is 5.89. The number of aromatic nitrogens is 2. The number of carbonyl (C=O) groups is 2. The van der Waals surface area contributed by atoms with Crippen LogP contribution in [0.4, 0.5) is 5.69 Å². The summed E-state index contributed by atoms with van der Waals surface area (Å²) in [5.74, 6) is -1.15. The zero-order valence-electron chi connectivity index (χ0n) is 15.6. The molecule has 1 aromatic heterocycles. The Bertz CT molecular complexity index is 992. The van der Waals surface area contributed by atoms with E-state index >= 15 is 0 Å². The van der Waals surface area contributed by atoms with E-state index in [2.05, 4.69) is 10.3 Å². The second kappa shape index (κ2) is 8.08. The molecule has 1 aliphatic heterocycles. The molecule has 0 radical (unpaired) electrons. The van der Waals surface area contributed by atoms with Crippen LogP contribution in [0, 0.1) is 0 Å². The molecule has 28 heavy (non-hydrogen) atoms. The lowest BCUT2D eigenvalue weighted by Crippen LogP contribution is -2.34. The highest BCUT2D eigenvalue weighted by Gasteiger charge is 2.25. The van der Waals surface area contributed by atoms with E-state index in [9.17, 15) is 14.4 Å². The Morgan fingerprint density at radius 1 is 1.36 bits per heavy atom. The number of ether oxygens (including phenoxy) is 1. The lowest BCUT2D eigenvalue weighted by atomic mass is 10.0. The number of benzene rings is 1. The lowest BCUT2D eigenvalue weighted by Gasteiger charge is -2.26. The second-order valence-corrected chi connectivity index (χ2v) is 6.48. The summed E-state index contributed by atoms with van der Waals surface area (Å²) < 4.78 is 6.46. The molecule has 3 rings (SSSR count). The predicted molar refractivity (Wildman–Crippen MR) is 103 cm³/mol. The first-order valence-corrected chi connectivity index (χ1v) is 9.00. The van der Waals surface area contributed by atoms with Crippen molar-refractivity contribution < 1.29 is 19.4 Å². The van der Waals surface area contributed by atoms with Crippen LogP contribution < -0.4 is 10.9 Å². The van der Waals surface area contributed by atoms with Crippen LogP contribution in [0.3, 0.4) is 0 Å². The van der Waals surface area contributed by atoms with Gasteiger partial charge in [-0.15, -0.1) is 0 Å². The minimum absolute atomic E-state index is 0.0732. The summed E-state index contributed by atoms with van der Waals surface area (Å²) >= 11 is 0. The maximum atomic E-state index is 12.8. The van der Waals surface area contributed by atoms with Crippen LogP contribution in [0.25, 0.3) is 5.57 Å². The Labute approximate surface area is 161 Å². The highest BCUT2D eigenvalue weighted by Crippen LogP contribution is 2.30. The van der Waals surface area contributed by atoms with E-state index in [1.165, 1.54) is 22.9 Å². The maximum Gasteiger partial charge on any atom is 0.345 e. The van der Waals surface area contributed by atoms with Crippen molar-refractivity contribution in [1.82, 2.24) is 9.55 Å². The molecule has 1 atom stereocenters. The number of fused-ring (bicyclic) bond motifs is 1. The first kappa shape index (κ1) is 19.3. The molecule has 2 heterocycles. The fraction of sp³-hybridized carbons (Fsp3) is 0.300. The van der Waals surface area contributed by atoms with Crippen molar-refractivity contribution in [3.05, 3.63) is 64.0 Å². The Kier molecular flexibility index (Phi) is 5.58. The van der Waals surface area contributed by atoms with E-state index in [0.717, 1.165) is 12.0 Å². The monoisotopic (exact) mass is 383 g/mol. The number of nitrogens with zero attached hydrogens (tertiary/aromatic N) is 2. The van der Waals surface area contributed by atoms with Crippen LogP contribution in [0.15, 0.2) is 41.5 Å². The van der Waals surface area contributed by atoms with Gasteiger partial charge in [0.05, 0.1) is 12.2 Å². The molecule has 0 saturated heterocycles. The van der Waals surface area contributed by atoms with Crippen LogP contribution in [0.1, 0.15) is 59.3 Å². The molecular formula is C20H21N3O5. The molecule has 146 valence electrons. The predicted octanol–water partition coefficient (Wildman–Crippen LogP) is 2.93. The summed E-state index contributed by atoms with van der Waals surface area (Å²) in [5, 5.41) is 12.1. The van der Waals surface area contributed by atoms with Crippen molar-refractivity contribution in [1.29, 1.82) is 0 Å². The van der Waals surface area contributed by atoms with Gasteiger partial charge in [-0.05, 0) is 51.0 Å². The van der Waals surface area contributed by atoms with Crippen molar-refractivity contribution >= 4 is 23.2 Å². The third-order valence-electron chi connectivity index (χ3n) is 4.59. The van der Waals surface area contributed by atoms with Crippen molar-refractivity contribution in [2.24, 2.45) is 0 Å². The summed E-state index contributed by atoms with van der Waals surface area (Å²) in [4.78, 5) is 40.0. The average Bonchev–Trinajstić information content (AvgIpc) is 2.68. The van der Waals surface area contributed by atoms with Crippen LogP contribution >= 0.6 is 0 Å². The summed E-state index contributed by atoms with van der Waals surface area (Å²) in [6, 6.07) is 6.26. The van der Waals surface area contributed by atoms with Gasteiger partial charge in [-0.25, -0.2) is 14.6 Å². The number of carbonyl (C=O) groups excluding carboxylic acids is 1.